The first-order chi connectivity index (χ1) is 11.4. The van der Waals surface area contributed by atoms with Crippen molar-refractivity contribution in [3.8, 4) is 0 Å². The summed E-state index contributed by atoms with van der Waals surface area (Å²) in [5.74, 6) is -1.59. The zero-order chi connectivity index (χ0) is 17.3. The number of sulfone groups is 1. The number of hydrogen-bond donors (Lipinski definition) is 0. The number of rotatable bonds is 3. The van der Waals surface area contributed by atoms with Crippen molar-refractivity contribution in [2.75, 3.05) is 18.1 Å². The number of aryl methyl sites for hydroxylation is 1. The molecule has 1 amide bonds. The number of hydrogen-bond acceptors (Lipinski definition) is 5. The van der Waals surface area contributed by atoms with Crippen molar-refractivity contribution in [2.45, 2.75) is 19.5 Å². The number of amides is 1. The molecule has 0 unspecified atom stereocenters. The zero-order valence-corrected chi connectivity index (χ0v) is 13.9. The molecule has 2 aromatic heterocycles. The number of pyridine rings is 1. The van der Waals surface area contributed by atoms with Gasteiger partial charge in [-0.25, -0.2) is 12.8 Å². The molecule has 24 heavy (non-hydrogen) atoms. The molecule has 1 aliphatic rings. The number of carbonyl (C=O) groups excluding carboxylic acids is 1. The van der Waals surface area contributed by atoms with Gasteiger partial charge in [-0.15, -0.1) is 0 Å². The second-order valence-electron chi connectivity index (χ2n) is 5.61. The molecule has 3 rings (SSSR count). The fourth-order valence-electron chi connectivity index (χ4n) is 2.75. The molecule has 9 heteroatoms. The molecule has 0 aromatic carbocycles. The summed E-state index contributed by atoms with van der Waals surface area (Å²) in [5.41, 5.74) is 0.514. The maximum Gasteiger partial charge on any atom is 0.257 e. The van der Waals surface area contributed by atoms with Crippen molar-refractivity contribution in [3.05, 3.63) is 47.8 Å². The fraction of sp³-hybridized carbons (Fsp3) is 0.400. The van der Waals surface area contributed by atoms with Crippen LogP contribution in [0.25, 0.3) is 0 Å². The van der Waals surface area contributed by atoms with Crippen molar-refractivity contribution < 1.29 is 17.6 Å². The molecule has 0 N–H and O–H groups in total. The summed E-state index contributed by atoms with van der Waals surface area (Å²) >= 11 is 0. The Morgan fingerprint density at radius 2 is 2.21 bits per heavy atom. The Hall–Kier alpha value is -2.29. The molecule has 0 spiro atoms. The van der Waals surface area contributed by atoms with Gasteiger partial charge in [0.15, 0.2) is 15.7 Å². The maximum atomic E-state index is 13.9. The summed E-state index contributed by atoms with van der Waals surface area (Å²) in [6.45, 7) is 2.56. The van der Waals surface area contributed by atoms with E-state index in [2.05, 4.69) is 10.1 Å². The van der Waals surface area contributed by atoms with E-state index in [9.17, 15) is 17.6 Å². The highest BCUT2D eigenvalue weighted by molar-refractivity contribution is 7.91. The van der Waals surface area contributed by atoms with Gasteiger partial charge in [0.2, 0.25) is 0 Å². The average molecular weight is 352 g/mol. The lowest BCUT2D eigenvalue weighted by Gasteiger charge is -2.35. The lowest BCUT2D eigenvalue weighted by Crippen LogP contribution is -2.46. The van der Waals surface area contributed by atoms with Gasteiger partial charge >= 0.3 is 0 Å². The normalized spacial score (nSPS) is 20.1. The van der Waals surface area contributed by atoms with Crippen LogP contribution < -0.4 is 0 Å². The molecule has 1 atom stereocenters. The second-order valence-corrected chi connectivity index (χ2v) is 7.84. The molecule has 128 valence electrons. The molecule has 7 nitrogen and oxygen atoms in total. The van der Waals surface area contributed by atoms with Gasteiger partial charge in [-0.3, -0.25) is 14.5 Å². The summed E-state index contributed by atoms with van der Waals surface area (Å²) in [7, 11) is -3.27. The van der Waals surface area contributed by atoms with E-state index in [-0.39, 0.29) is 23.6 Å². The van der Waals surface area contributed by atoms with Crippen molar-refractivity contribution in [1.29, 1.82) is 0 Å². The van der Waals surface area contributed by atoms with E-state index in [1.165, 1.54) is 17.2 Å². The lowest BCUT2D eigenvalue weighted by atomic mass is 10.1. The highest BCUT2D eigenvalue weighted by Crippen LogP contribution is 2.28. The van der Waals surface area contributed by atoms with Crippen molar-refractivity contribution in [3.63, 3.8) is 0 Å². The van der Waals surface area contributed by atoms with E-state index in [1.54, 1.807) is 17.1 Å². The highest BCUT2D eigenvalue weighted by atomic mass is 32.2. The quantitative estimate of drug-likeness (QED) is 0.824. The van der Waals surface area contributed by atoms with Crippen LogP contribution >= 0.6 is 0 Å². The van der Waals surface area contributed by atoms with Crippen LogP contribution in [0.3, 0.4) is 0 Å². The molecule has 0 radical (unpaired) electrons. The summed E-state index contributed by atoms with van der Waals surface area (Å²) in [4.78, 5) is 17.8. The highest BCUT2D eigenvalue weighted by Gasteiger charge is 2.36. The van der Waals surface area contributed by atoms with Crippen molar-refractivity contribution in [2.24, 2.45) is 0 Å². The van der Waals surface area contributed by atoms with Crippen molar-refractivity contribution >= 4 is 15.7 Å². The lowest BCUT2D eigenvalue weighted by molar-refractivity contribution is 0.0692. The van der Waals surface area contributed by atoms with Crippen LogP contribution in [0.4, 0.5) is 4.39 Å². The zero-order valence-electron chi connectivity index (χ0n) is 13.1. The van der Waals surface area contributed by atoms with Crippen LogP contribution in [0.2, 0.25) is 0 Å². The predicted octanol–water partition coefficient (Wildman–Crippen LogP) is 1.05. The molecule has 1 saturated heterocycles. The summed E-state index contributed by atoms with van der Waals surface area (Å²) in [6.07, 6.45) is 5.58. The van der Waals surface area contributed by atoms with Gasteiger partial charge in [-0.05, 0) is 13.0 Å². The molecule has 1 aliphatic heterocycles. The van der Waals surface area contributed by atoms with E-state index >= 15 is 0 Å². The maximum absolute atomic E-state index is 13.9. The third kappa shape index (κ3) is 3.16. The minimum atomic E-state index is -3.27. The molecule has 3 heterocycles. The molecule has 0 aliphatic carbocycles. The number of aromatic nitrogens is 3. The molecular formula is C15H17FN4O3S. The number of carbonyl (C=O) groups is 1. The van der Waals surface area contributed by atoms with Crippen LogP contribution in [-0.2, 0) is 16.4 Å². The number of nitrogens with zero attached hydrogens (tertiary/aromatic N) is 4. The summed E-state index contributed by atoms with van der Waals surface area (Å²) in [6, 6.07) is 0.622. The van der Waals surface area contributed by atoms with Gasteiger partial charge in [0.25, 0.3) is 5.91 Å². The topological polar surface area (TPSA) is 85.2 Å². The van der Waals surface area contributed by atoms with Crippen LogP contribution in [0.15, 0.2) is 30.9 Å². The standard InChI is InChI=1S/C15H17FN4O3S/c1-2-19-9-11(7-18-19)14-10-24(22,23)6-5-20(14)15(21)12-3-4-17-8-13(12)16/h3-4,7-9,14H,2,5-6,10H2,1H3/t14-/m0/s1. The number of halogens is 1. The monoisotopic (exact) mass is 352 g/mol. The van der Waals surface area contributed by atoms with E-state index in [1.807, 2.05) is 6.92 Å². The summed E-state index contributed by atoms with van der Waals surface area (Å²) < 4.78 is 39.6. The van der Waals surface area contributed by atoms with E-state index in [0.717, 1.165) is 6.20 Å². The Morgan fingerprint density at radius 3 is 2.88 bits per heavy atom. The van der Waals surface area contributed by atoms with Crippen LogP contribution in [0.1, 0.15) is 28.9 Å². The first kappa shape index (κ1) is 16.6. The molecule has 1 fully saturated rings. The predicted molar refractivity (Wildman–Crippen MR) is 84.5 cm³/mol. The first-order valence-corrected chi connectivity index (χ1v) is 9.36. The van der Waals surface area contributed by atoms with Gasteiger partial charge in [-0.1, -0.05) is 0 Å². The molecule has 0 saturated carbocycles. The van der Waals surface area contributed by atoms with Gasteiger partial charge in [0.1, 0.15) is 0 Å². The Balaban J connectivity index is 1.97. The van der Waals surface area contributed by atoms with E-state index in [0.29, 0.717) is 12.1 Å². The minimum Gasteiger partial charge on any atom is -0.329 e. The van der Waals surface area contributed by atoms with Gasteiger partial charge in [-0.2, -0.15) is 5.10 Å². The minimum absolute atomic E-state index is 0.0188. The average Bonchev–Trinajstić information content (AvgIpc) is 3.03. The fourth-order valence-corrected chi connectivity index (χ4v) is 4.25. The Morgan fingerprint density at radius 1 is 1.42 bits per heavy atom. The third-order valence-corrected chi connectivity index (χ3v) is 5.69. The Labute approximate surface area is 139 Å². The van der Waals surface area contributed by atoms with E-state index in [4.69, 9.17) is 0 Å². The Bertz CT molecular complexity index is 865. The summed E-state index contributed by atoms with van der Waals surface area (Å²) in [5, 5.41) is 4.14. The Kier molecular flexibility index (Phi) is 4.35. The van der Waals surface area contributed by atoms with Gasteiger partial charge in [0, 0.05) is 31.0 Å². The molecule has 2 aromatic rings. The molecule has 0 bridgehead atoms. The van der Waals surface area contributed by atoms with Gasteiger partial charge < -0.3 is 4.90 Å². The SMILES string of the molecule is CCn1cc([C@@H]2CS(=O)(=O)CCN2C(=O)c2ccncc2F)cn1. The van der Waals surface area contributed by atoms with Crippen LogP contribution in [0, 0.1) is 5.82 Å². The van der Waals surface area contributed by atoms with Crippen LogP contribution in [-0.4, -0.2) is 52.0 Å². The smallest absolute Gasteiger partial charge is 0.257 e. The van der Waals surface area contributed by atoms with E-state index < -0.39 is 27.6 Å². The third-order valence-electron chi connectivity index (χ3n) is 4.06. The first-order valence-electron chi connectivity index (χ1n) is 7.54. The van der Waals surface area contributed by atoms with Crippen LogP contribution in [0.5, 0.6) is 0 Å². The molecular weight excluding hydrogens is 335 g/mol. The van der Waals surface area contributed by atoms with Gasteiger partial charge in [0.05, 0.1) is 35.5 Å². The largest absolute Gasteiger partial charge is 0.329 e. The second kappa shape index (κ2) is 6.31. The van der Waals surface area contributed by atoms with Crippen molar-refractivity contribution in [1.82, 2.24) is 19.7 Å².